The van der Waals surface area contributed by atoms with Gasteiger partial charge in [0.25, 0.3) is 0 Å². The molecule has 0 aliphatic carbocycles. The summed E-state index contributed by atoms with van der Waals surface area (Å²) in [4.78, 5) is 11.6. The first-order valence-electron chi connectivity index (χ1n) is 5.95. The van der Waals surface area contributed by atoms with E-state index in [0.717, 1.165) is 17.7 Å². The third kappa shape index (κ3) is 2.15. The zero-order valence-corrected chi connectivity index (χ0v) is 10.2. The number of anilines is 1. The van der Waals surface area contributed by atoms with Crippen LogP contribution >= 0.6 is 0 Å². The third-order valence-electron chi connectivity index (χ3n) is 3.34. The van der Waals surface area contributed by atoms with Crippen LogP contribution in [-0.4, -0.2) is 16.1 Å². The third-order valence-corrected chi connectivity index (χ3v) is 3.34. The van der Waals surface area contributed by atoms with E-state index in [2.05, 4.69) is 15.5 Å². The van der Waals surface area contributed by atoms with Crippen LogP contribution in [0.4, 0.5) is 19.0 Å². The SMILES string of the molecule is O=C1CC(c2ccc(C(F)(F)F)cc2)c2cn[nH]c2N1. The monoisotopic (exact) mass is 281 g/mol. The van der Waals surface area contributed by atoms with Crippen molar-refractivity contribution in [3.8, 4) is 0 Å². The second-order valence-corrected chi connectivity index (χ2v) is 4.62. The number of benzene rings is 1. The van der Waals surface area contributed by atoms with Crippen molar-refractivity contribution in [2.24, 2.45) is 0 Å². The molecule has 1 aromatic carbocycles. The molecule has 1 aromatic heterocycles. The van der Waals surface area contributed by atoms with E-state index >= 15 is 0 Å². The standard InChI is InChI=1S/C13H10F3N3O/c14-13(15,16)8-3-1-7(2-4-8)9-5-11(20)18-12-10(9)6-17-19-12/h1-4,6,9H,5H2,(H2,17,18,19,20). The Morgan fingerprint density at radius 1 is 1.20 bits per heavy atom. The van der Waals surface area contributed by atoms with Crippen molar-refractivity contribution in [2.45, 2.75) is 18.5 Å². The van der Waals surface area contributed by atoms with Gasteiger partial charge in [-0.05, 0) is 17.7 Å². The average molecular weight is 281 g/mol. The van der Waals surface area contributed by atoms with Crippen molar-refractivity contribution < 1.29 is 18.0 Å². The Bertz CT molecular complexity index is 646. The highest BCUT2D eigenvalue weighted by molar-refractivity contribution is 5.94. The fraction of sp³-hybridized carbons (Fsp3) is 0.231. The highest BCUT2D eigenvalue weighted by Crippen LogP contribution is 2.37. The molecule has 0 spiro atoms. The van der Waals surface area contributed by atoms with Crippen LogP contribution in [0.1, 0.15) is 29.0 Å². The van der Waals surface area contributed by atoms with Gasteiger partial charge in [0, 0.05) is 17.9 Å². The molecular formula is C13H10F3N3O. The van der Waals surface area contributed by atoms with Gasteiger partial charge in [-0.15, -0.1) is 0 Å². The van der Waals surface area contributed by atoms with E-state index in [1.807, 2.05) is 0 Å². The average Bonchev–Trinajstić information content (AvgIpc) is 2.85. The first kappa shape index (κ1) is 12.7. The number of halogens is 3. The lowest BCUT2D eigenvalue weighted by Crippen LogP contribution is -2.23. The first-order valence-corrected chi connectivity index (χ1v) is 5.95. The highest BCUT2D eigenvalue weighted by Gasteiger charge is 2.32. The van der Waals surface area contributed by atoms with Gasteiger partial charge in [0.15, 0.2) is 0 Å². The first-order chi connectivity index (χ1) is 9.45. The van der Waals surface area contributed by atoms with Crippen molar-refractivity contribution in [3.63, 3.8) is 0 Å². The van der Waals surface area contributed by atoms with Crippen LogP contribution in [0.2, 0.25) is 0 Å². The number of carbonyl (C=O) groups is 1. The van der Waals surface area contributed by atoms with Gasteiger partial charge in [0.05, 0.1) is 11.8 Å². The summed E-state index contributed by atoms with van der Waals surface area (Å²) in [6.45, 7) is 0. The van der Waals surface area contributed by atoms with Gasteiger partial charge < -0.3 is 5.32 Å². The van der Waals surface area contributed by atoms with Gasteiger partial charge in [-0.2, -0.15) is 18.3 Å². The second-order valence-electron chi connectivity index (χ2n) is 4.62. The van der Waals surface area contributed by atoms with E-state index in [1.54, 1.807) is 6.20 Å². The van der Waals surface area contributed by atoms with E-state index < -0.39 is 11.7 Å². The van der Waals surface area contributed by atoms with Crippen LogP contribution < -0.4 is 5.32 Å². The maximum absolute atomic E-state index is 12.5. The molecule has 0 saturated carbocycles. The second kappa shape index (κ2) is 4.36. The Morgan fingerprint density at radius 2 is 1.90 bits per heavy atom. The van der Waals surface area contributed by atoms with Gasteiger partial charge in [0.1, 0.15) is 5.82 Å². The predicted molar refractivity (Wildman–Crippen MR) is 65.1 cm³/mol. The van der Waals surface area contributed by atoms with Gasteiger partial charge in [0.2, 0.25) is 5.91 Å². The molecule has 4 nitrogen and oxygen atoms in total. The lowest BCUT2D eigenvalue weighted by atomic mass is 9.87. The summed E-state index contributed by atoms with van der Waals surface area (Å²) in [7, 11) is 0. The minimum Gasteiger partial charge on any atom is -0.311 e. The van der Waals surface area contributed by atoms with E-state index in [4.69, 9.17) is 0 Å². The van der Waals surface area contributed by atoms with Gasteiger partial charge in [-0.1, -0.05) is 12.1 Å². The summed E-state index contributed by atoms with van der Waals surface area (Å²) in [5, 5.41) is 9.15. The molecule has 1 amide bonds. The Labute approximate surface area is 112 Å². The molecular weight excluding hydrogens is 271 g/mol. The van der Waals surface area contributed by atoms with Crippen LogP contribution in [0.3, 0.4) is 0 Å². The predicted octanol–water partition coefficient (Wildman–Crippen LogP) is 2.90. The van der Waals surface area contributed by atoms with Crippen LogP contribution in [0.25, 0.3) is 0 Å². The molecule has 0 fully saturated rings. The molecule has 1 atom stereocenters. The van der Waals surface area contributed by atoms with E-state index in [0.29, 0.717) is 11.4 Å². The minimum atomic E-state index is -4.36. The topological polar surface area (TPSA) is 57.8 Å². The Balaban J connectivity index is 1.96. The summed E-state index contributed by atoms with van der Waals surface area (Å²) < 4.78 is 37.6. The van der Waals surface area contributed by atoms with Gasteiger partial charge in [-0.25, -0.2) is 0 Å². The summed E-state index contributed by atoms with van der Waals surface area (Å²) in [6, 6.07) is 4.87. The molecule has 0 radical (unpaired) electrons. The Morgan fingerprint density at radius 3 is 2.55 bits per heavy atom. The van der Waals surface area contributed by atoms with Crippen molar-refractivity contribution in [1.29, 1.82) is 0 Å². The number of aromatic nitrogens is 2. The zero-order valence-electron chi connectivity index (χ0n) is 10.2. The van der Waals surface area contributed by atoms with Gasteiger partial charge in [-0.3, -0.25) is 9.89 Å². The Hall–Kier alpha value is -2.31. The molecule has 3 rings (SSSR count). The number of hydrogen-bond acceptors (Lipinski definition) is 2. The molecule has 1 aliphatic heterocycles. The summed E-state index contributed by atoms with van der Waals surface area (Å²) in [6.07, 6.45) is -2.59. The van der Waals surface area contributed by atoms with Crippen molar-refractivity contribution >= 4 is 11.7 Å². The number of rotatable bonds is 1. The number of nitrogens with zero attached hydrogens (tertiary/aromatic N) is 1. The molecule has 2 N–H and O–H groups in total. The van der Waals surface area contributed by atoms with Crippen molar-refractivity contribution in [1.82, 2.24) is 10.2 Å². The normalized spacial score (nSPS) is 18.6. The lowest BCUT2D eigenvalue weighted by molar-refractivity contribution is -0.137. The molecule has 0 bridgehead atoms. The minimum absolute atomic E-state index is 0.188. The molecule has 1 aliphatic rings. The maximum atomic E-state index is 12.5. The van der Waals surface area contributed by atoms with E-state index in [1.165, 1.54) is 12.1 Å². The van der Waals surface area contributed by atoms with Crippen molar-refractivity contribution in [2.75, 3.05) is 5.32 Å². The zero-order chi connectivity index (χ0) is 14.3. The number of H-pyrrole nitrogens is 1. The molecule has 2 heterocycles. The number of amides is 1. The molecule has 104 valence electrons. The summed E-state index contributed by atoms with van der Waals surface area (Å²) in [5.74, 6) is 0.0394. The van der Waals surface area contributed by atoms with Crippen LogP contribution in [0.5, 0.6) is 0 Å². The molecule has 1 unspecified atom stereocenters. The molecule has 2 aromatic rings. The lowest BCUT2D eigenvalue weighted by Gasteiger charge is -2.22. The largest absolute Gasteiger partial charge is 0.416 e. The fourth-order valence-electron chi connectivity index (χ4n) is 2.35. The van der Waals surface area contributed by atoms with E-state index in [-0.39, 0.29) is 18.2 Å². The number of carbonyl (C=O) groups excluding carboxylic acids is 1. The molecule has 7 heteroatoms. The maximum Gasteiger partial charge on any atom is 0.416 e. The Kier molecular flexibility index (Phi) is 2.77. The molecule has 0 saturated heterocycles. The van der Waals surface area contributed by atoms with Gasteiger partial charge >= 0.3 is 6.18 Å². The molecule has 20 heavy (non-hydrogen) atoms. The summed E-state index contributed by atoms with van der Waals surface area (Å²) >= 11 is 0. The number of aromatic amines is 1. The number of hydrogen-bond donors (Lipinski definition) is 2. The number of fused-ring (bicyclic) bond motifs is 1. The fourth-order valence-corrected chi connectivity index (χ4v) is 2.35. The summed E-state index contributed by atoms with van der Waals surface area (Å²) in [5.41, 5.74) is 0.744. The van der Waals surface area contributed by atoms with Crippen LogP contribution in [0, 0.1) is 0 Å². The highest BCUT2D eigenvalue weighted by atomic mass is 19.4. The van der Waals surface area contributed by atoms with Crippen molar-refractivity contribution in [3.05, 3.63) is 47.2 Å². The number of alkyl halides is 3. The van der Waals surface area contributed by atoms with Crippen LogP contribution in [-0.2, 0) is 11.0 Å². The number of nitrogens with one attached hydrogen (secondary N) is 2. The van der Waals surface area contributed by atoms with E-state index in [9.17, 15) is 18.0 Å². The quantitative estimate of drug-likeness (QED) is 0.844. The smallest absolute Gasteiger partial charge is 0.311 e. The van der Waals surface area contributed by atoms with Crippen LogP contribution in [0.15, 0.2) is 30.5 Å².